The first-order chi connectivity index (χ1) is 12.2. The number of rotatable bonds is 7. The molecule has 0 aliphatic carbocycles. The van der Waals surface area contributed by atoms with Crippen molar-refractivity contribution in [3.63, 3.8) is 0 Å². The average Bonchev–Trinajstić information content (AvgIpc) is 2.64. The second-order valence-electron chi connectivity index (χ2n) is 7.04. The standard InChI is InChI=1S/C21H28FN3/c1-17-16-25(14-12-24-17)13-3-2-6-21(19-5-4-11-23-15-19)18-7-9-20(22)10-8-18/h4-5,7-11,15,17,21,24H,2-3,6,12-14,16H2,1H3. The zero-order chi connectivity index (χ0) is 17.5. The fourth-order valence-corrected chi connectivity index (χ4v) is 3.70. The predicted octanol–water partition coefficient (Wildman–Crippen LogP) is 3.82. The third-order valence-electron chi connectivity index (χ3n) is 5.03. The van der Waals surface area contributed by atoms with E-state index in [2.05, 4.69) is 28.2 Å². The van der Waals surface area contributed by atoms with Gasteiger partial charge in [0, 0.05) is 44.0 Å². The van der Waals surface area contributed by atoms with Gasteiger partial charge in [0.05, 0.1) is 0 Å². The summed E-state index contributed by atoms with van der Waals surface area (Å²) >= 11 is 0. The van der Waals surface area contributed by atoms with Gasteiger partial charge in [-0.1, -0.05) is 24.6 Å². The maximum Gasteiger partial charge on any atom is 0.123 e. The molecule has 1 saturated heterocycles. The van der Waals surface area contributed by atoms with E-state index in [4.69, 9.17) is 0 Å². The highest BCUT2D eigenvalue weighted by Crippen LogP contribution is 2.29. The summed E-state index contributed by atoms with van der Waals surface area (Å²) < 4.78 is 13.3. The van der Waals surface area contributed by atoms with Gasteiger partial charge in [-0.15, -0.1) is 0 Å². The van der Waals surface area contributed by atoms with Crippen molar-refractivity contribution in [1.29, 1.82) is 0 Å². The molecule has 1 fully saturated rings. The van der Waals surface area contributed by atoms with E-state index in [0.717, 1.165) is 39.0 Å². The molecule has 0 saturated carbocycles. The Labute approximate surface area is 150 Å². The number of aromatic nitrogens is 1. The molecule has 1 aliphatic rings. The number of nitrogens with zero attached hydrogens (tertiary/aromatic N) is 2. The number of benzene rings is 1. The molecule has 0 spiro atoms. The predicted molar refractivity (Wildman–Crippen MR) is 100 cm³/mol. The first-order valence-corrected chi connectivity index (χ1v) is 9.33. The van der Waals surface area contributed by atoms with Crippen LogP contribution in [-0.4, -0.2) is 42.1 Å². The minimum Gasteiger partial charge on any atom is -0.312 e. The Kier molecular flexibility index (Phi) is 6.54. The van der Waals surface area contributed by atoms with Crippen LogP contribution >= 0.6 is 0 Å². The lowest BCUT2D eigenvalue weighted by Crippen LogP contribution is -2.49. The molecule has 2 heterocycles. The van der Waals surface area contributed by atoms with Crippen molar-refractivity contribution in [2.24, 2.45) is 0 Å². The van der Waals surface area contributed by atoms with E-state index < -0.39 is 0 Å². The number of halogens is 1. The van der Waals surface area contributed by atoms with Crippen LogP contribution in [0.3, 0.4) is 0 Å². The first-order valence-electron chi connectivity index (χ1n) is 9.33. The molecule has 134 valence electrons. The summed E-state index contributed by atoms with van der Waals surface area (Å²) in [4.78, 5) is 6.82. The lowest BCUT2D eigenvalue weighted by Gasteiger charge is -2.31. The van der Waals surface area contributed by atoms with Crippen LogP contribution in [-0.2, 0) is 0 Å². The highest BCUT2D eigenvalue weighted by Gasteiger charge is 2.17. The summed E-state index contributed by atoms with van der Waals surface area (Å²) in [5.41, 5.74) is 2.38. The van der Waals surface area contributed by atoms with Gasteiger partial charge in [0.15, 0.2) is 0 Å². The van der Waals surface area contributed by atoms with Crippen LogP contribution in [0.15, 0.2) is 48.8 Å². The van der Waals surface area contributed by atoms with Crippen molar-refractivity contribution in [2.75, 3.05) is 26.2 Å². The molecule has 1 aromatic heterocycles. The average molecular weight is 341 g/mol. The molecular formula is C21H28FN3. The Balaban J connectivity index is 1.57. The number of piperazine rings is 1. The van der Waals surface area contributed by atoms with E-state index >= 15 is 0 Å². The second kappa shape index (κ2) is 9.07. The normalized spacial score (nSPS) is 19.7. The van der Waals surface area contributed by atoms with Gasteiger partial charge in [0.25, 0.3) is 0 Å². The maximum absolute atomic E-state index is 13.3. The fourth-order valence-electron chi connectivity index (χ4n) is 3.70. The highest BCUT2D eigenvalue weighted by molar-refractivity contribution is 5.30. The number of hydrogen-bond donors (Lipinski definition) is 1. The van der Waals surface area contributed by atoms with E-state index in [1.807, 2.05) is 24.4 Å². The van der Waals surface area contributed by atoms with Crippen LogP contribution in [0.4, 0.5) is 4.39 Å². The Morgan fingerprint density at radius 3 is 2.76 bits per heavy atom. The molecule has 4 heteroatoms. The third kappa shape index (κ3) is 5.35. The molecule has 1 aliphatic heterocycles. The van der Waals surface area contributed by atoms with Gasteiger partial charge in [-0.05, 0) is 55.6 Å². The molecule has 0 radical (unpaired) electrons. The van der Waals surface area contributed by atoms with Gasteiger partial charge in [0.2, 0.25) is 0 Å². The Morgan fingerprint density at radius 1 is 1.20 bits per heavy atom. The van der Waals surface area contributed by atoms with Gasteiger partial charge in [-0.25, -0.2) is 4.39 Å². The second-order valence-corrected chi connectivity index (χ2v) is 7.04. The molecule has 2 atom stereocenters. The Hall–Kier alpha value is -1.78. The first kappa shape index (κ1) is 18.0. The van der Waals surface area contributed by atoms with Gasteiger partial charge in [0.1, 0.15) is 5.82 Å². The SMILES string of the molecule is CC1CN(CCCCC(c2ccc(F)cc2)c2cccnc2)CCN1. The van der Waals surface area contributed by atoms with Crippen LogP contribution < -0.4 is 5.32 Å². The summed E-state index contributed by atoms with van der Waals surface area (Å²) in [7, 11) is 0. The summed E-state index contributed by atoms with van der Waals surface area (Å²) in [5.74, 6) is 0.109. The quantitative estimate of drug-likeness (QED) is 0.776. The monoisotopic (exact) mass is 341 g/mol. The van der Waals surface area contributed by atoms with Crippen LogP contribution in [0.25, 0.3) is 0 Å². The molecule has 3 nitrogen and oxygen atoms in total. The lowest BCUT2D eigenvalue weighted by atomic mass is 9.88. The summed E-state index contributed by atoms with van der Waals surface area (Å²) in [5, 5.41) is 3.49. The largest absolute Gasteiger partial charge is 0.312 e. The Morgan fingerprint density at radius 2 is 2.04 bits per heavy atom. The molecule has 3 rings (SSSR count). The van der Waals surface area contributed by atoms with Gasteiger partial charge in [-0.2, -0.15) is 0 Å². The molecule has 2 unspecified atom stereocenters. The zero-order valence-corrected chi connectivity index (χ0v) is 15.0. The van der Waals surface area contributed by atoms with E-state index in [9.17, 15) is 4.39 Å². The van der Waals surface area contributed by atoms with E-state index in [1.54, 1.807) is 18.3 Å². The lowest BCUT2D eigenvalue weighted by molar-refractivity contribution is 0.203. The van der Waals surface area contributed by atoms with E-state index in [-0.39, 0.29) is 11.7 Å². The van der Waals surface area contributed by atoms with Gasteiger partial charge < -0.3 is 10.2 Å². The third-order valence-corrected chi connectivity index (χ3v) is 5.03. The van der Waals surface area contributed by atoms with Crippen LogP contribution in [0.1, 0.15) is 43.2 Å². The summed E-state index contributed by atoms with van der Waals surface area (Å²) in [6.45, 7) is 6.79. The van der Waals surface area contributed by atoms with Crippen molar-refractivity contribution in [2.45, 2.75) is 38.1 Å². The highest BCUT2D eigenvalue weighted by atomic mass is 19.1. The number of unbranched alkanes of at least 4 members (excludes halogenated alkanes) is 1. The molecule has 2 aromatic rings. The number of hydrogen-bond acceptors (Lipinski definition) is 3. The molecule has 1 N–H and O–H groups in total. The molecular weight excluding hydrogens is 313 g/mol. The summed E-state index contributed by atoms with van der Waals surface area (Å²) in [6.07, 6.45) is 7.17. The zero-order valence-electron chi connectivity index (χ0n) is 15.0. The molecule has 0 bridgehead atoms. The van der Waals surface area contributed by atoms with Crippen LogP contribution in [0.2, 0.25) is 0 Å². The Bertz CT molecular complexity index is 629. The minimum atomic E-state index is -0.179. The smallest absolute Gasteiger partial charge is 0.123 e. The molecule has 1 aromatic carbocycles. The van der Waals surface area contributed by atoms with Crippen LogP contribution in [0, 0.1) is 5.82 Å². The maximum atomic E-state index is 13.3. The summed E-state index contributed by atoms with van der Waals surface area (Å²) in [6, 6.07) is 11.6. The van der Waals surface area contributed by atoms with E-state index in [0.29, 0.717) is 6.04 Å². The minimum absolute atomic E-state index is 0.179. The van der Waals surface area contributed by atoms with Crippen molar-refractivity contribution >= 4 is 0 Å². The van der Waals surface area contributed by atoms with Gasteiger partial charge in [-0.3, -0.25) is 4.98 Å². The van der Waals surface area contributed by atoms with Crippen LogP contribution in [0.5, 0.6) is 0 Å². The van der Waals surface area contributed by atoms with E-state index in [1.165, 1.54) is 17.5 Å². The van der Waals surface area contributed by atoms with Crippen molar-refractivity contribution in [1.82, 2.24) is 15.2 Å². The topological polar surface area (TPSA) is 28.2 Å². The van der Waals surface area contributed by atoms with Crippen molar-refractivity contribution < 1.29 is 4.39 Å². The number of pyridine rings is 1. The molecule has 25 heavy (non-hydrogen) atoms. The fraction of sp³-hybridized carbons (Fsp3) is 0.476. The van der Waals surface area contributed by atoms with Crippen molar-refractivity contribution in [3.05, 3.63) is 65.7 Å². The van der Waals surface area contributed by atoms with Crippen molar-refractivity contribution in [3.8, 4) is 0 Å². The number of nitrogens with one attached hydrogen (secondary N) is 1. The molecule has 0 amide bonds. The van der Waals surface area contributed by atoms with Gasteiger partial charge >= 0.3 is 0 Å².